The molecule has 0 bridgehead atoms. The van der Waals surface area contributed by atoms with Crippen LogP contribution in [0.15, 0.2) is 6.07 Å². The van der Waals surface area contributed by atoms with E-state index in [-0.39, 0.29) is 0 Å². The van der Waals surface area contributed by atoms with E-state index >= 15 is 0 Å². The lowest BCUT2D eigenvalue weighted by molar-refractivity contribution is 0.491. The quantitative estimate of drug-likeness (QED) is 0.410. The number of hydrogen-bond acceptors (Lipinski definition) is 5. The number of nitrogen functional groups attached to an aromatic ring is 1. The number of nitrogens with zero attached hydrogens (tertiary/aromatic N) is 2. The van der Waals surface area contributed by atoms with Gasteiger partial charge >= 0.3 is 0 Å². The normalized spacial score (nSPS) is 15.9. The molecule has 0 saturated heterocycles. The minimum Gasteiger partial charge on any atom is -0.370 e. The number of aryl methyl sites for hydroxylation is 1. The van der Waals surface area contributed by atoms with Gasteiger partial charge in [-0.1, -0.05) is 25.7 Å². The zero-order valence-electron chi connectivity index (χ0n) is 11.1. The summed E-state index contributed by atoms with van der Waals surface area (Å²) < 4.78 is 0. The highest BCUT2D eigenvalue weighted by molar-refractivity contribution is 5.46. The second-order valence-corrected chi connectivity index (χ2v) is 5.05. The summed E-state index contributed by atoms with van der Waals surface area (Å²) in [5, 5.41) is 3.34. The van der Waals surface area contributed by atoms with E-state index < -0.39 is 0 Å². The van der Waals surface area contributed by atoms with E-state index in [1.165, 1.54) is 38.5 Å². The standard InChI is InChI=1S/C13H23N5/c1-10-16-12(9-13(17-10)18-14)15-8-4-7-11-5-2-3-6-11/h9,11H,2-8,14H2,1H3,(H2,15,16,17,18). The fourth-order valence-electron chi connectivity index (χ4n) is 2.64. The number of anilines is 2. The second-order valence-electron chi connectivity index (χ2n) is 5.05. The summed E-state index contributed by atoms with van der Waals surface area (Å²) in [5.41, 5.74) is 2.55. The van der Waals surface area contributed by atoms with Crippen LogP contribution in [0.3, 0.4) is 0 Å². The molecule has 1 aromatic rings. The maximum atomic E-state index is 5.36. The second kappa shape index (κ2) is 6.54. The van der Waals surface area contributed by atoms with E-state index in [4.69, 9.17) is 5.84 Å². The first kappa shape index (κ1) is 13.1. The highest BCUT2D eigenvalue weighted by Crippen LogP contribution is 2.28. The molecule has 0 spiro atoms. The molecule has 5 nitrogen and oxygen atoms in total. The van der Waals surface area contributed by atoms with Gasteiger partial charge in [-0.05, 0) is 25.7 Å². The van der Waals surface area contributed by atoms with Crippen molar-refractivity contribution in [1.82, 2.24) is 9.97 Å². The number of nitrogens with two attached hydrogens (primary N) is 1. The van der Waals surface area contributed by atoms with E-state index in [9.17, 15) is 0 Å². The van der Waals surface area contributed by atoms with Crippen molar-refractivity contribution in [3.8, 4) is 0 Å². The van der Waals surface area contributed by atoms with Crippen molar-refractivity contribution in [2.24, 2.45) is 11.8 Å². The van der Waals surface area contributed by atoms with Crippen LogP contribution in [-0.4, -0.2) is 16.5 Å². The molecule has 0 unspecified atom stereocenters. The third kappa shape index (κ3) is 3.84. The van der Waals surface area contributed by atoms with Gasteiger partial charge in [0, 0.05) is 12.6 Å². The molecule has 1 heterocycles. The van der Waals surface area contributed by atoms with Crippen LogP contribution in [0.25, 0.3) is 0 Å². The highest BCUT2D eigenvalue weighted by atomic mass is 15.3. The molecule has 1 fully saturated rings. The Morgan fingerprint density at radius 3 is 2.72 bits per heavy atom. The Morgan fingerprint density at radius 2 is 2.00 bits per heavy atom. The first-order valence-corrected chi connectivity index (χ1v) is 6.84. The molecule has 0 amide bonds. The molecule has 1 aliphatic rings. The van der Waals surface area contributed by atoms with Gasteiger partial charge in [0.2, 0.25) is 0 Å². The fraction of sp³-hybridized carbons (Fsp3) is 0.692. The molecule has 100 valence electrons. The van der Waals surface area contributed by atoms with Gasteiger partial charge in [-0.2, -0.15) is 0 Å². The lowest BCUT2D eigenvalue weighted by Crippen LogP contribution is -2.12. The van der Waals surface area contributed by atoms with Crippen molar-refractivity contribution in [3.63, 3.8) is 0 Å². The monoisotopic (exact) mass is 249 g/mol. The Balaban J connectivity index is 1.73. The van der Waals surface area contributed by atoms with Crippen LogP contribution in [0.5, 0.6) is 0 Å². The van der Waals surface area contributed by atoms with Crippen molar-refractivity contribution in [1.29, 1.82) is 0 Å². The smallest absolute Gasteiger partial charge is 0.145 e. The first-order valence-electron chi connectivity index (χ1n) is 6.84. The van der Waals surface area contributed by atoms with Crippen molar-refractivity contribution in [2.75, 3.05) is 17.3 Å². The minimum absolute atomic E-state index is 0.654. The summed E-state index contributed by atoms with van der Waals surface area (Å²) in [6.07, 6.45) is 8.24. The van der Waals surface area contributed by atoms with Crippen LogP contribution in [0.1, 0.15) is 44.3 Å². The van der Waals surface area contributed by atoms with E-state index in [0.717, 1.165) is 24.1 Å². The predicted octanol–water partition coefficient (Wildman–Crippen LogP) is 2.45. The molecule has 5 heteroatoms. The van der Waals surface area contributed by atoms with Crippen molar-refractivity contribution in [3.05, 3.63) is 11.9 Å². The summed E-state index contributed by atoms with van der Waals surface area (Å²) >= 11 is 0. The predicted molar refractivity (Wildman–Crippen MR) is 74.3 cm³/mol. The summed E-state index contributed by atoms with van der Waals surface area (Å²) in [6.45, 7) is 2.83. The Bertz CT molecular complexity index is 374. The third-order valence-corrected chi connectivity index (χ3v) is 3.56. The van der Waals surface area contributed by atoms with Crippen molar-refractivity contribution >= 4 is 11.6 Å². The molecule has 0 aromatic carbocycles. The van der Waals surface area contributed by atoms with Crippen LogP contribution in [-0.2, 0) is 0 Å². The van der Waals surface area contributed by atoms with Crippen molar-refractivity contribution < 1.29 is 0 Å². The molecule has 2 rings (SSSR count). The van der Waals surface area contributed by atoms with E-state index in [2.05, 4.69) is 20.7 Å². The SMILES string of the molecule is Cc1nc(NN)cc(NCCCC2CCCC2)n1. The van der Waals surface area contributed by atoms with Gasteiger partial charge in [0.1, 0.15) is 17.5 Å². The summed E-state index contributed by atoms with van der Waals surface area (Å²) in [4.78, 5) is 8.49. The molecule has 18 heavy (non-hydrogen) atoms. The zero-order valence-corrected chi connectivity index (χ0v) is 11.1. The van der Waals surface area contributed by atoms with Gasteiger partial charge in [0.25, 0.3) is 0 Å². The van der Waals surface area contributed by atoms with E-state index in [0.29, 0.717) is 5.82 Å². The van der Waals surface area contributed by atoms with Gasteiger partial charge in [-0.15, -0.1) is 0 Å². The summed E-state index contributed by atoms with van der Waals surface area (Å²) in [6, 6.07) is 1.84. The summed E-state index contributed by atoms with van der Waals surface area (Å²) in [5.74, 6) is 8.54. The highest BCUT2D eigenvalue weighted by Gasteiger charge is 2.13. The maximum Gasteiger partial charge on any atom is 0.145 e. The van der Waals surface area contributed by atoms with Crippen LogP contribution < -0.4 is 16.6 Å². The molecule has 1 aliphatic carbocycles. The number of nitrogens with one attached hydrogen (secondary N) is 2. The minimum atomic E-state index is 0.654. The number of hydrazine groups is 1. The Labute approximate surface area is 109 Å². The number of hydrogen-bond donors (Lipinski definition) is 3. The molecule has 0 radical (unpaired) electrons. The van der Waals surface area contributed by atoms with Crippen LogP contribution in [0, 0.1) is 12.8 Å². The molecule has 1 saturated carbocycles. The first-order chi connectivity index (χ1) is 8.78. The van der Waals surface area contributed by atoms with Crippen LogP contribution >= 0.6 is 0 Å². The lowest BCUT2D eigenvalue weighted by Gasteiger charge is -2.10. The maximum absolute atomic E-state index is 5.36. The van der Waals surface area contributed by atoms with Gasteiger partial charge in [0.05, 0.1) is 0 Å². The lowest BCUT2D eigenvalue weighted by atomic mass is 10.0. The van der Waals surface area contributed by atoms with Gasteiger partial charge < -0.3 is 10.7 Å². The largest absolute Gasteiger partial charge is 0.370 e. The molecular formula is C13H23N5. The Morgan fingerprint density at radius 1 is 1.28 bits per heavy atom. The molecule has 0 aliphatic heterocycles. The Kier molecular flexibility index (Phi) is 4.75. The van der Waals surface area contributed by atoms with Gasteiger partial charge in [-0.25, -0.2) is 15.8 Å². The average Bonchev–Trinajstić information content (AvgIpc) is 2.87. The molecule has 4 N–H and O–H groups in total. The topological polar surface area (TPSA) is 75.9 Å². The van der Waals surface area contributed by atoms with Crippen molar-refractivity contribution in [2.45, 2.75) is 45.4 Å². The van der Waals surface area contributed by atoms with Gasteiger partial charge in [-0.3, -0.25) is 0 Å². The van der Waals surface area contributed by atoms with E-state index in [1.807, 2.05) is 13.0 Å². The average molecular weight is 249 g/mol. The third-order valence-electron chi connectivity index (χ3n) is 3.56. The number of rotatable bonds is 6. The van der Waals surface area contributed by atoms with E-state index in [1.54, 1.807) is 0 Å². The summed E-state index contributed by atoms with van der Waals surface area (Å²) in [7, 11) is 0. The molecular weight excluding hydrogens is 226 g/mol. The Hall–Kier alpha value is -1.36. The van der Waals surface area contributed by atoms with Gasteiger partial charge in [0.15, 0.2) is 0 Å². The zero-order chi connectivity index (χ0) is 12.8. The number of aromatic nitrogens is 2. The molecule has 1 aromatic heterocycles. The fourth-order valence-corrected chi connectivity index (χ4v) is 2.64. The molecule has 0 atom stereocenters. The van der Waals surface area contributed by atoms with Crippen LogP contribution in [0.4, 0.5) is 11.6 Å². The van der Waals surface area contributed by atoms with Crippen LogP contribution in [0.2, 0.25) is 0 Å².